The molecule has 0 radical (unpaired) electrons. The Kier molecular flexibility index (Phi) is 4.02. The third-order valence-corrected chi connectivity index (χ3v) is 3.62. The molecular formula is C16H13BrN4O. The Morgan fingerprint density at radius 3 is 2.73 bits per heavy atom. The van der Waals surface area contributed by atoms with Gasteiger partial charge in [-0.25, -0.2) is 9.67 Å². The van der Waals surface area contributed by atoms with E-state index in [0.29, 0.717) is 11.4 Å². The summed E-state index contributed by atoms with van der Waals surface area (Å²) in [6.45, 7) is 1.95. The van der Waals surface area contributed by atoms with Crippen molar-refractivity contribution in [1.29, 1.82) is 0 Å². The lowest BCUT2D eigenvalue weighted by atomic mass is 10.3. The van der Waals surface area contributed by atoms with Crippen LogP contribution < -0.4 is 5.32 Å². The normalized spacial score (nSPS) is 10.5. The van der Waals surface area contributed by atoms with Crippen molar-refractivity contribution in [3.05, 3.63) is 70.6 Å². The molecule has 110 valence electrons. The molecule has 6 heteroatoms. The average molecular weight is 357 g/mol. The standard InChI is InChI=1S/C16H13BrN4O/c1-11-6-7-18-15(8-11)20-16(22)12-9-19-21(10-12)14-4-2-13(17)3-5-14/h2-10H,1H3,(H,18,20,22). The molecule has 2 heterocycles. The summed E-state index contributed by atoms with van der Waals surface area (Å²) in [5.41, 5.74) is 2.40. The Morgan fingerprint density at radius 1 is 1.23 bits per heavy atom. The van der Waals surface area contributed by atoms with Crippen LogP contribution in [0.5, 0.6) is 0 Å². The topological polar surface area (TPSA) is 59.8 Å². The number of hydrogen-bond donors (Lipinski definition) is 1. The van der Waals surface area contributed by atoms with Gasteiger partial charge in [0, 0.05) is 16.9 Å². The van der Waals surface area contributed by atoms with E-state index in [2.05, 4.69) is 31.3 Å². The monoisotopic (exact) mass is 356 g/mol. The number of benzene rings is 1. The molecule has 5 nitrogen and oxygen atoms in total. The van der Waals surface area contributed by atoms with Crippen LogP contribution in [0.4, 0.5) is 5.82 Å². The van der Waals surface area contributed by atoms with Crippen LogP contribution in [0.15, 0.2) is 59.5 Å². The first kappa shape index (κ1) is 14.5. The van der Waals surface area contributed by atoms with Crippen LogP contribution in [0.2, 0.25) is 0 Å². The van der Waals surface area contributed by atoms with E-state index in [-0.39, 0.29) is 5.91 Å². The lowest BCUT2D eigenvalue weighted by Gasteiger charge is -2.03. The lowest BCUT2D eigenvalue weighted by Crippen LogP contribution is -2.12. The van der Waals surface area contributed by atoms with Crippen molar-refractivity contribution in [2.75, 3.05) is 5.32 Å². The summed E-state index contributed by atoms with van der Waals surface area (Å²) in [6, 6.07) is 11.4. The van der Waals surface area contributed by atoms with Crippen LogP contribution in [0.25, 0.3) is 5.69 Å². The van der Waals surface area contributed by atoms with Gasteiger partial charge in [0.25, 0.3) is 5.91 Å². The number of halogens is 1. The first-order chi connectivity index (χ1) is 10.6. The van der Waals surface area contributed by atoms with E-state index in [4.69, 9.17) is 0 Å². The predicted molar refractivity (Wildman–Crippen MR) is 88.2 cm³/mol. The molecule has 0 unspecified atom stereocenters. The number of carbonyl (C=O) groups is 1. The highest BCUT2D eigenvalue weighted by molar-refractivity contribution is 9.10. The van der Waals surface area contributed by atoms with Crippen molar-refractivity contribution >= 4 is 27.7 Å². The van der Waals surface area contributed by atoms with Crippen molar-refractivity contribution in [3.63, 3.8) is 0 Å². The summed E-state index contributed by atoms with van der Waals surface area (Å²) in [5, 5.41) is 6.98. The van der Waals surface area contributed by atoms with Gasteiger partial charge < -0.3 is 5.32 Å². The number of anilines is 1. The van der Waals surface area contributed by atoms with Gasteiger partial charge in [-0.15, -0.1) is 0 Å². The van der Waals surface area contributed by atoms with Gasteiger partial charge in [-0.3, -0.25) is 4.79 Å². The largest absolute Gasteiger partial charge is 0.306 e. The van der Waals surface area contributed by atoms with Crippen LogP contribution in [-0.4, -0.2) is 20.7 Å². The molecule has 0 aliphatic carbocycles. The van der Waals surface area contributed by atoms with Crippen LogP contribution in [0.1, 0.15) is 15.9 Å². The lowest BCUT2D eigenvalue weighted by molar-refractivity contribution is 0.102. The molecule has 1 amide bonds. The Morgan fingerprint density at radius 2 is 2.00 bits per heavy atom. The van der Waals surface area contributed by atoms with E-state index in [0.717, 1.165) is 15.7 Å². The average Bonchev–Trinajstić information content (AvgIpc) is 2.98. The first-order valence-corrected chi connectivity index (χ1v) is 7.46. The number of amides is 1. The summed E-state index contributed by atoms with van der Waals surface area (Å²) < 4.78 is 2.65. The van der Waals surface area contributed by atoms with Crippen LogP contribution in [0.3, 0.4) is 0 Å². The second kappa shape index (κ2) is 6.11. The van der Waals surface area contributed by atoms with Gasteiger partial charge in [0.15, 0.2) is 0 Å². The molecular weight excluding hydrogens is 344 g/mol. The minimum absolute atomic E-state index is 0.235. The number of nitrogens with one attached hydrogen (secondary N) is 1. The molecule has 3 aromatic rings. The smallest absolute Gasteiger partial charge is 0.260 e. The zero-order chi connectivity index (χ0) is 15.5. The second-order valence-corrected chi connectivity index (χ2v) is 5.74. The molecule has 0 bridgehead atoms. The van der Waals surface area contributed by atoms with Gasteiger partial charge in [0.05, 0.1) is 17.4 Å². The minimum atomic E-state index is -0.235. The van der Waals surface area contributed by atoms with Gasteiger partial charge in [0.2, 0.25) is 0 Å². The van der Waals surface area contributed by atoms with Crippen molar-refractivity contribution in [3.8, 4) is 5.69 Å². The molecule has 0 atom stereocenters. The summed E-state index contributed by atoms with van der Waals surface area (Å²) >= 11 is 3.39. The van der Waals surface area contributed by atoms with Crippen molar-refractivity contribution < 1.29 is 4.79 Å². The SMILES string of the molecule is Cc1ccnc(NC(=O)c2cnn(-c3ccc(Br)cc3)c2)c1. The van der Waals surface area contributed by atoms with E-state index in [1.54, 1.807) is 17.1 Å². The maximum absolute atomic E-state index is 12.2. The fraction of sp³-hybridized carbons (Fsp3) is 0.0625. The summed E-state index contributed by atoms with van der Waals surface area (Å²) in [7, 11) is 0. The predicted octanol–water partition coefficient (Wildman–Crippen LogP) is 3.59. The quantitative estimate of drug-likeness (QED) is 0.779. The number of pyridine rings is 1. The van der Waals surface area contributed by atoms with Gasteiger partial charge in [-0.05, 0) is 48.9 Å². The van der Waals surface area contributed by atoms with Crippen molar-refractivity contribution in [2.24, 2.45) is 0 Å². The summed E-state index contributed by atoms with van der Waals surface area (Å²) in [4.78, 5) is 16.3. The Bertz CT molecular complexity index is 811. The maximum atomic E-state index is 12.2. The van der Waals surface area contributed by atoms with E-state index in [1.165, 1.54) is 6.20 Å². The van der Waals surface area contributed by atoms with Crippen LogP contribution >= 0.6 is 15.9 Å². The molecule has 0 saturated carbocycles. The molecule has 1 aromatic carbocycles. The zero-order valence-corrected chi connectivity index (χ0v) is 13.4. The van der Waals surface area contributed by atoms with E-state index >= 15 is 0 Å². The molecule has 0 aliphatic rings. The van der Waals surface area contributed by atoms with Crippen LogP contribution in [-0.2, 0) is 0 Å². The molecule has 3 rings (SSSR count). The summed E-state index contributed by atoms with van der Waals surface area (Å²) in [5.74, 6) is 0.294. The molecule has 22 heavy (non-hydrogen) atoms. The van der Waals surface area contributed by atoms with E-state index in [1.807, 2.05) is 43.3 Å². The Labute approximate surface area is 136 Å². The highest BCUT2D eigenvalue weighted by Crippen LogP contribution is 2.14. The highest BCUT2D eigenvalue weighted by Gasteiger charge is 2.10. The number of nitrogens with zero attached hydrogens (tertiary/aromatic N) is 3. The van der Waals surface area contributed by atoms with Gasteiger partial charge in [-0.2, -0.15) is 5.10 Å². The number of hydrogen-bond acceptors (Lipinski definition) is 3. The molecule has 0 saturated heterocycles. The maximum Gasteiger partial charge on any atom is 0.260 e. The highest BCUT2D eigenvalue weighted by atomic mass is 79.9. The fourth-order valence-corrected chi connectivity index (χ4v) is 2.23. The van der Waals surface area contributed by atoms with Gasteiger partial charge >= 0.3 is 0 Å². The number of carbonyl (C=O) groups excluding carboxylic acids is 1. The summed E-state index contributed by atoms with van der Waals surface area (Å²) in [6.07, 6.45) is 4.89. The third-order valence-electron chi connectivity index (χ3n) is 3.09. The van der Waals surface area contributed by atoms with E-state index in [9.17, 15) is 4.79 Å². The Balaban J connectivity index is 1.78. The van der Waals surface area contributed by atoms with Crippen molar-refractivity contribution in [1.82, 2.24) is 14.8 Å². The zero-order valence-electron chi connectivity index (χ0n) is 11.8. The van der Waals surface area contributed by atoms with Crippen LogP contribution in [0, 0.1) is 6.92 Å². The molecule has 0 aliphatic heterocycles. The van der Waals surface area contributed by atoms with Crippen molar-refractivity contribution in [2.45, 2.75) is 6.92 Å². The third kappa shape index (κ3) is 3.23. The van der Waals surface area contributed by atoms with Gasteiger partial charge in [-0.1, -0.05) is 15.9 Å². The second-order valence-electron chi connectivity index (χ2n) is 4.82. The fourth-order valence-electron chi connectivity index (χ4n) is 1.97. The molecule has 2 aromatic heterocycles. The number of aryl methyl sites for hydroxylation is 1. The number of rotatable bonds is 3. The minimum Gasteiger partial charge on any atom is -0.306 e. The first-order valence-electron chi connectivity index (χ1n) is 6.66. The molecule has 0 spiro atoms. The molecule has 1 N–H and O–H groups in total. The Hall–Kier alpha value is -2.47. The van der Waals surface area contributed by atoms with Gasteiger partial charge in [0.1, 0.15) is 5.82 Å². The number of aromatic nitrogens is 3. The van der Waals surface area contributed by atoms with E-state index < -0.39 is 0 Å². The molecule has 0 fully saturated rings.